The van der Waals surface area contributed by atoms with E-state index in [0.717, 1.165) is 18.4 Å². The van der Waals surface area contributed by atoms with Crippen molar-refractivity contribution < 1.29 is 27.8 Å². The van der Waals surface area contributed by atoms with E-state index in [0.29, 0.717) is 0 Å². The minimum atomic E-state index is -3.58. The minimum absolute atomic E-state index is 0.0574. The van der Waals surface area contributed by atoms with Gasteiger partial charge in [-0.2, -0.15) is 0 Å². The van der Waals surface area contributed by atoms with E-state index >= 15 is 0 Å². The van der Waals surface area contributed by atoms with E-state index in [1.54, 1.807) is 0 Å². The van der Waals surface area contributed by atoms with Gasteiger partial charge in [0.05, 0.1) is 17.2 Å². The zero-order chi connectivity index (χ0) is 14.6. The van der Waals surface area contributed by atoms with Crippen LogP contribution < -0.4 is 4.74 Å². The molecule has 0 spiro atoms. The second-order valence-electron chi connectivity index (χ2n) is 3.67. The summed E-state index contributed by atoms with van der Waals surface area (Å²) in [5.74, 6) is -1.43. The van der Waals surface area contributed by atoms with Gasteiger partial charge in [0.2, 0.25) is 0 Å². The van der Waals surface area contributed by atoms with Crippen molar-refractivity contribution in [1.82, 2.24) is 0 Å². The molecule has 0 bridgehead atoms. The molecule has 0 fully saturated rings. The van der Waals surface area contributed by atoms with Gasteiger partial charge in [0.25, 0.3) is 0 Å². The zero-order valence-electron chi connectivity index (χ0n) is 10.3. The van der Waals surface area contributed by atoms with Gasteiger partial charge in [-0.05, 0) is 12.1 Å². The highest BCUT2D eigenvalue weighted by molar-refractivity contribution is 7.90. The van der Waals surface area contributed by atoms with E-state index in [2.05, 4.69) is 0 Å². The summed E-state index contributed by atoms with van der Waals surface area (Å²) < 4.78 is 33.2. The van der Waals surface area contributed by atoms with Crippen molar-refractivity contribution in [3.63, 3.8) is 0 Å². The van der Waals surface area contributed by atoms with Crippen LogP contribution >= 0.6 is 11.6 Å². The van der Waals surface area contributed by atoms with Gasteiger partial charge in [0.1, 0.15) is 11.5 Å². The van der Waals surface area contributed by atoms with E-state index in [4.69, 9.17) is 26.2 Å². The van der Waals surface area contributed by atoms with Crippen LogP contribution in [0.4, 0.5) is 0 Å². The topological polar surface area (TPSA) is 89.9 Å². The molecule has 106 valence electrons. The van der Waals surface area contributed by atoms with Crippen molar-refractivity contribution in [1.29, 1.82) is 0 Å². The summed E-state index contributed by atoms with van der Waals surface area (Å²) in [4.78, 5) is 10.8. The van der Waals surface area contributed by atoms with E-state index in [-0.39, 0.29) is 34.4 Å². The lowest BCUT2D eigenvalue weighted by atomic mass is 10.2. The van der Waals surface area contributed by atoms with Crippen LogP contribution in [0.1, 0.15) is 10.4 Å². The Morgan fingerprint density at radius 3 is 2.47 bits per heavy atom. The first-order valence-electron chi connectivity index (χ1n) is 5.16. The number of hydrogen-bond acceptors (Lipinski definition) is 5. The first-order chi connectivity index (χ1) is 8.79. The van der Waals surface area contributed by atoms with Crippen LogP contribution in [0.2, 0.25) is 5.02 Å². The van der Waals surface area contributed by atoms with E-state index in [1.165, 1.54) is 7.11 Å². The van der Waals surface area contributed by atoms with Crippen LogP contribution in [0.5, 0.6) is 5.75 Å². The Morgan fingerprint density at radius 1 is 1.37 bits per heavy atom. The Labute approximate surface area is 115 Å². The van der Waals surface area contributed by atoms with Crippen molar-refractivity contribution in [2.75, 3.05) is 26.6 Å². The van der Waals surface area contributed by atoms with Crippen molar-refractivity contribution in [2.45, 2.75) is 4.90 Å². The van der Waals surface area contributed by atoms with Gasteiger partial charge in [-0.25, -0.2) is 13.2 Å². The molecule has 1 rings (SSSR count). The SMILES string of the molecule is COCCOc1c(S(C)(=O)=O)ccc(C(=O)O)c1Cl. The average molecular weight is 309 g/mol. The first kappa shape index (κ1) is 15.7. The van der Waals surface area contributed by atoms with Crippen LogP contribution in [-0.4, -0.2) is 46.1 Å². The molecule has 8 heteroatoms. The van der Waals surface area contributed by atoms with E-state index < -0.39 is 15.8 Å². The highest BCUT2D eigenvalue weighted by atomic mass is 35.5. The normalized spacial score (nSPS) is 11.3. The number of carboxylic acids is 1. The fourth-order valence-corrected chi connectivity index (χ4v) is 2.53. The molecule has 0 amide bonds. The molecule has 0 aromatic heterocycles. The Morgan fingerprint density at radius 2 is 2.00 bits per heavy atom. The molecule has 19 heavy (non-hydrogen) atoms. The summed E-state index contributed by atoms with van der Waals surface area (Å²) in [6.45, 7) is 0.276. The summed E-state index contributed by atoms with van der Waals surface area (Å²) in [6, 6.07) is 2.29. The molecule has 0 heterocycles. The maximum atomic E-state index is 11.6. The molecule has 0 saturated heterocycles. The minimum Gasteiger partial charge on any atom is -0.488 e. The Hall–Kier alpha value is -1.31. The number of aromatic carboxylic acids is 1. The number of carboxylic acid groups (broad SMARTS) is 1. The quantitative estimate of drug-likeness (QED) is 0.800. The second-order valence-corrected chi connectivity index (χ2v) is 6.04. The molecule has 0 saturated carbocycles. The molecule has 0 atom stereocenters. The predicted octanol–water partition coefficient (Wildman–Crippen LogP) is 1.47. The molecule has 1 aromatic carbocycles. The van der Waals surface area contributed by atoms with Crippen LogP contribution in [0.25, 0.3) is 0 Å². The summed E-state index contributed by atoms with van der Waals surface area (Å²) in [5, 5.41) is 8.70. The molecule has 0 radical (unpaired) electrons. The molecular formula is C11H13ClO6S. The maximum Gasteiger partial charge on any atom is 0.337 e. The zero-order valence-corrected chi connectivity index (χ0v) is 11.9. The van der Waals surface area contributed by atoms with Gasteiger partial charge in [0, 0.05) is 13.4 Å². The standard InChI is InChI=1S/C11H13ClO6S/c1-17-5-6-18-10-8(19(2,15)16)4-3-7(9(10)12)11(13)14/h3-4H,5-6H2,1-2H3,(H,13,14). The molecule has 0 aliphatic rings. The third-order valence-corrected chi connectivity index (χ3v) is 3.72. The molecule has 1 aromatic rings. The number of benzene rings is 1. The largest absolute Gasteiger partial charge is 0.488 e. The Balaban J connectivity index is 3.34. The highest BCUT2D eigenvalue weighted by Gasteiger charge is 2.22. The summed E-state index contributed by atoms with van der Waals surface area (Å²) in [7, 11) is -2.12. The van der Waals surface area contributed by atoms with Crippen LogP contribution in [0.3, 0.4) is 0 Å². The number of methoxy groups -OCH3 is 1. The maximum absolute atomic E-state index is 11.6. The molecule has 1 N–H and O–H groups in total. The number of halogens is 1. The predicted molar refractivity (Wildman–Crippen MR) is 68.9 cm³/mol. The smallest absolute Gasteiger partial charge is 0.337 e. The molecule has 0 unspecified atom stereocenters. The third-order valence-electron chi connectivity index (χ3n) is 2.22. The van der Waals surface area contributed by atoms with Crippen LogP contribution in [-0.2, 0) is 14.6 Å². The first-order valence-corrected chi connectivity index (χ1v) is 7.43. The van der Waals surface area contributed by atoms with Crippen molar-refractivity contribution in [3.05, 3.63) is 22.7 Å². The number of ether oxygens (including phenoxy) is 2. The number of carbonyl (C=O) groups is 1. The van der Waals surface area contributed by atoms with Gasteiger partial charge >= 0.3 is 5.97 Å². The van der Waals surface area contributed by atoms with Gasteiger partial charge in [-0.3, -0.25) is 0 Å². The summed E-state index contributed by atoms with van der Waals surface area (Å²) >= 11 is 5.88. The monoisotopic (exact) mass is 308 g/mol. The van der Waals surface area contributed by atoms with E-state index in [9.17, 15) is 13.2 Å². The van der Waals surface area contributed by atoms with Gasteiger partial charge in [-0.1, -0.05) is 11.6 Å². The number of rotatable bonds is 6. The van der Waals surface area contributed by atoms with Gasteiger partial charge < -0.3 is 14.6 Å². The fourth-order valence-electron chi connectivity index (χ4n) is 1.36. The lowest BCUT2D eigenvalue weighted by molar-refractivity contribution is 0.0696. The second kappa shape index (κ2) is 6.23. The molecule has 6 nitrogen and oxygen atoms in total. The summed E-state index contributed by atoms with van der Waals surface area (Å²) in [6.07, 6.45) is 0.988. The lowest BCUT2D eigenvalue weighted by Gasteiger charge is -2.13. The number of sulfone groups is 1. The third kappa shape index (κ3) is 3.82. The van der Waals surface area contributed by atoms with Gasteiger partial charge in [0.15, 0.2) is 15.6 Å². The van der Waals surface area contributed by atoms with Crippen LogP contribution in [0, 0.1) is 0 Å². The average Bonchev–Trinajstić information content (AvgIpc) is 2.29. The number of hydrogen-bond donors (Lipinski definition) is 1. The Bertz CT molecular complexity index is 581. The van der Waals surface area contributed by atoms with Crippen molar-refractivity contribution >= 4 is 27.4 Å². The van der Waals surface area contributed by atoms with Crippen LogP contribution in [0.15, 0.2) is 17.0 Å². The Kier molecular flexibility index (Phi) is 5.16. The van der Waals surface area contributed by atoms with E-state index in [1.807, 2.05) is 0 Å². The van der Waals surface area contributed by atoms with Crippen molar-refractivity contribution in [3.8, 4) is 5.75 Å². The molecule has 0 aliphatic carbocycles. The van der Waals surface area contributed by atoms with Gasteiger partial charge in [-0.15, -0.1) is 0 Å². The lowest BCUT2D eigenvalue weighted by Crippen LogP contribution is -2.10. The summed E-state index contributed by atoms with van der Waals surface area (Å²) in [5.41, 5.74) is -0.221. The molecule has 0 aliphatic heterocycles. The highest BCUT2D eigenvalue weighted by Crippen LogP contribution is 2.35. The molecular weight excluding hydrogens is 296 g/mol. The fraction of sp³-hybridized carbons (Fsp3) is 0.364. The van der Waals surface area contributed by atoms with Crippen molar-refractivity contribution in [2.24, 2.45) is 0 Å².